The third-order valence-electron chi connectivity index (χ3n) is 3.99. The first-order valence-electron chi connectivity index (χ1n) is 7.37. The van der Waals surface area contributed by atoms with E-state index < -0.39 is 5.97 Å². The lowest BCUT2D eigenvalue weighted by Crippen LogP contribution is -2.40. The third kappa shape index (κ3) is 4.21. The highest BCUT2D eigenvalue weighted by Gasteiger charge is 2.20. The van der Waals surface area contributed by atoms with Crippen LogP contribution in [0.5, 0.6) is 0 Å². The Morgan fingerprint density at radius 1 is 1.29 bits per heavy atom. The van der Waals surface area contributed by atoms with Gasteiger partial charge in [0.05, 0.1) is 5.56 Å². The molecule has 1 saturated carbocycles. The number of carboxylic acid groups (broad SMARTS) is 1. The van der Waals surface area contributed by atoms with Crippen LogP contribution in [-0.4, -0.2) is 23.1 Å². The fourth-order valence-corrected chi connectivity index (χ4v) is 2.90. The number of aromatic carboxylic acids is 1. The molecular weight excluding hydrogens is 268 g/mol. The van der Waals surface area contributed by atoms with Gasteiger partial charge in [0.15, 0.2) is 0 Å². The van der Waals surface area contributed by atoms with Crippen LogP contribution in [0.15, 0.2) is 18.2 Å². The molecule has 114 valence electrons. The smallest absolute Gasteiger partial charge is 0.335 e. The summed E-state index contributed by atoms with van der Waals surface area (Å²) >= 11 is 0. The van der Waals surface area contributed by atoms with E-state index in [0.717, 1.165) is 19.3 Å². The van der Waals surface area contributed by atoms with Crippen LogP contribution in [0, 0.1) is 12.8 Å². The molecule has 21 heavy (non-hydrogen) atoms. The number of rotatable bonds is 3. The van der Waals surface area contributed by atoms with E-state index in [1.165, 1.54) is 12.5 Å². The van der Waals surface area contributed by atoms with Gasteiger partial charge in [-0.3, -0.25) is 0 Å². The van der Waals surface area contributed by atoms with Gasteiger partial charge in [-0.15, -0.1) is 0 Å². The standard InChI is InChI=1S/C16H22N2O3/c1-10-4-3-5-12(8-10)17-16(21)18-13-6-7-14(15(19)20)11(2)9-13/h6-7,9-10,12H,3-5,8H2,1-2H3,(H,19,20)(H2,17,18,21). The summed E-state index contributed by atoms with van der Waals surface area (Å²) in [5.74, 6) is -0.305. The molecule has 0 radical (unpaired) electrons. The molecule has 2 unspecified atom stereocenters. The van der Waals surface area contributed by atoms with Crippen LogP contribution in [-0.2, 0) is 0 Å². The molecule has 2 amide bonds. The molecule has 1 fully saturated rings. The molecule has 1 aromatic carbocycles. The lowest BCUT2D eigenvalue weighted by atomic mass is 9.87. The predicted octanol–water partition coefficient (Wildman–Crippen LogP) is 3.39. The number of hydrogen-bond donors (Lipinski definition) is 3. The van der Waals surface area contributed by atoms with Crippen molar-refractivity contribution in [2.24, 2.45) is 5.92 Å². The van der Waals surface area contributed by atoms with Crippen LogP contribution >= 0.6 is 0 Å². The molecule has 0 aliphatic heterocycles. The minimum atomic E-state index is -0.959. The number of urea groups is 1. The van der Waals surface area contributed by atoms with Gasteiger partial charge in [0.25, 0.3) is 0 Å². The summed E-state index contributed by atoms with van der Waals surface area (Å²) in [6.45, 7) is 3.93. The van der Waals surface area contributed by atoms with E-state index in [1.807, 2.05) is 0 Å². The number of aryl methyl sites for hydroxylation is 1. The molecule has 1 aromatic rings. The summed E-state index contributed by atoms with van der Waals surface area (Å²) in [4.78, 5) is 22.9. The molecule has 0 bridgehead atoms. The van der Waals surface area contributed by atoms with E-state index in [9.17, 15) is 9.59 Å². The molecule has 0 aromatic heterocycles. The molecule has 5 nitrogen and oxygen atoms in total. The van der Waals surface area contributed by atoms with Crippen LogP contribution < -0.4 is 10.6 Å². The van der Waals surface area contributed by atoms with Crippen LogP contribution in [0.4, 0.5) is 10.5 Å². The normalized spacial score (nSPS) is 21.6. The zero-order valence-corrected chi connectivity index (χ0v) is 12.5. The summed E-state index contributed by atoms with van der Waals surface area (Å²) in [6, 6.07) is 4.80. The predicted molar refractivity (Wildman–Crippen MR) is 81.7 cm³/mol. The largest absolute Gasteiger partial charge is 0.478 e. The van der Waals surface area contributed by atoms with E-state index in [-0.39, 0.29) is 17.6 Å². The number of carbonyl (C=O) groups is 2. The molecule has 2 atom stereocenters. The lowest BCUT2D eigenvalue weighted by Gasteiger charge is -2.27. The van der Waals surface area contributed by atoms with Gasteiger partial charge in [0, 0.05) is 11.7 Å². The molecule has 0 saturated heterocycles. The van der Waals surface area contributed by atoms with Gasteiger partial charge in [-0.25, -0.2) is 9.59 Å². The summed E-state index contributed by atoms with van der Waals surface area (Å²) in [5, 5.41) is 14.7. The number of anilines is 1. The minimum absolute atomic E-state index is 0.225. The highest BCUT2D eigenvalue weighted by atomic mass is 16.4. The monoisotopic (exact) mass is 290 g/mol. The summed E-state index contributed by atoms with van der Waals surface area (Å²) in [7, 11) is 0. The van der Waals surface area contributed by atoms with Crippen molar-refractivity contribution >= 4 is 17.7 Å². The number of nitrogens with one attached hydrogen (secondary N) is 2. The molecule has 2 rings (SSSR count). The van der Waals surface area contributed by atoms with Crippen LogP contribution in [0.25, 0.3) is 0 Å². The van der Waals surface area contributed by atoms with Crippen LogP contribution in [0.1, 0.15) is 48.5 Å². The first kappa shape index (κ1) is 15.4. The second-order valence-electron chi connectivity index (χ2n) is 5.90. The Hall–Kier alpha value is -2.04. The molecule has 0 heterocycles. The van der Waals surface area contributed by atoms with Gasteiger partial charge in [0.1, 0.15) is 0 Å². The van der Waals surface area contributed by atoms with Gasteiger partial charge >= 0.3 is 12.0 Å². The second-order valence-corrected chi connectivity index (χ2v) is 5.90. The van der Waals surface area contributed by atoms with Crippen LogP contribution in [0.3, 0.4) is 0 Å². The Morgan fingerprint density at radius 2 is 2.05 bits per heavy atom. The zero-order valence-electron chi connectivity index (χ0n) is 12.5. The topological polar surface area (TPSA) is 78.4 Å². The van der Waals surface area contributed by atoms with Gasteiger partial charge in [-0.1, -0.05) is 19.8 Å². The van der Waals surface area contributed by atoms with Gasteiger partial charge in [-0.05, 0) is 49.4 Å². The van der Waals surface area contributed by atoms with Crippen molar-refractivity contribution in [2.45, 2.75) is 45.6 Å². The number of hydrogen-bond acceptors (Lipinski definition) is 2. The fourth-order valence-electron chi connectivity index (χ4n) is 2.90. The van der Waals surface area contributed by atoms with Crippen molar-refractivity contribution in [1.82, 2.24) is 5.32 Å². The first-order valence-corrected chi connectivity index (χ1v) is 7.37. The van der Waals surface area contributed by atoms with Gasteiger partial charge < -0.3 is 15.7 Å². The average Bonchev–Trinajstić information content (AvgIpc) is 2.38. The Balaban J connectivity index is 1.93. The van der Waals surface area contributed by atoms with Crippen molar-refractivity contribution < 1.29 is 14.7 Å². The highest BCUT2D eigenvalue weighted by molar-refractivity contribution is 5.92. The molecule has 5 heteroatoms. The Kier molecular flexibility index (Phi) is 4.83. The minimum Gasteiger partial charge on any atom is -0.478 e. The van der Waals surface area contributed by atoms with E-state index in [1.54, 1.807) is 19.1 Å². The fraction of sp³-hybridized carbons (Fsp3) is 0.500. The van der Waals surface area contributed by atoms with E-state index >= 15 is 0 Å². The number of carbonyl (C=O) groups excluding carboxylic acids is 1. The van der Waals surface area contributed by atoms with Crippen molar-refractivity contribution in [2.75, 3.05) is 5.32 Å². The molecule has 0 spiro atoms. The maximum absolute atomic E-state index is 12.0. The van der Waals surface area contributed by atoms with Crippen molar-refractivity contribution in [3.8, 4) is 0 Å². The maximum atomic E-state index is 12.0. The highest BCUT2D eigenvalue weighted by Crippen LogP contribution is 2.23. The number of benzene rings is 1. The van der Waals surface area contributed by atoms with E-state index in [0.29, 0.717) is 17.2 Å². The molecule has 3 N–H and O–H groups in total. The summed E-state index contributed by atoms with van der Waals surface area (Å²) in [5.41, 5.74) is 1.49. The quantitative estimate of drug-likeness (QED) is 0.798. The maximum Gasteiger partial charge on any atom is 0.335 e. The first-order chi connectivity index (χ1) is 9.95. The van der Waals surface area contributed by atoms with Crippen molar-refractivity contribution in [3.05, 3.63) is 29.3 Å². The molecular formula is C16H22N2O3. The summed E-state index contributed by atoms with van der Waals surface area (Å²) in [6.07, 6.45) is 4.42. The molecule has 1 aliphatic carbocycles. The van der Waals surface area contributed by atoms with Crippen molar-refractivity contribution in [3.63, 3.8) is 0 Å². The third-order valence-corrected chi connectivity index (χ3v) is 3.99. The van der Waals surface area contributed by atoms with E-state index in [4.69, 9.17) is 5.11 Å². The van der Waals surface area contributed by atoms with Gasteiger partial charge in [-0.2, -0.15) is 0 Å². The number of amides is 2. The Morgan fingerprint density at radius 3 is 2.67 bits per heavy atom. The van der Waals surface area contributed by atoms with Gasteiger partial charge in [0.2, 0.25) is 0 Å². The van der Waals surface area contributed by atoms with Crippen molar-refractivity contribution in [1.29, 1.82) is 0 Å². The Labute approximate surface area is 124 Å². The SMILES string of the molecule is Cc1cc(NC(=O)NC2CCCC(C)C2)ccc1C(=O)O. The van der Waals surface area contributed by atoms with E-state index in [2.05, 4.69) is 17.6 Å². The van der Waals surface area contributed by atoms with Crippen LogP contribution in [0.2, 0.25) is 0 Å². The Bertz CT molecular complexity index is 542. The average molecular weight is 290 g/mol. The second kappa shape index (κ2) is 6.61. The lowest BCUT2D eigenvalue weighted by molar-refractivity contribution is 0.0696. The zero-order chi connectivity index (χ0) is 15.4. The number of carboxylic acids is 1. The summed E-state index contributed by atoms with van der Waals surface area (Å²) < 4.78 is 0. The molecule has 1 aliphatic rings.